The number of nitrogens with zero attached hydrogens (tertiary/aromatic N) is 1. The standard InChI is InChI=1S/C26H45N3O3/c1-9-21(15-17-25(5,6)10-2)13-12-16-26(7,11-3)18-14-20(4)23(32)28-24(27)29(8)19-22(30)31/h12-15H,9-11,16-19H2,1-8H3,(H,30,31)(H2,27,28,32)/b13-12-,20-14+,21-15?. The summed E-state index contributed by atoms with van der Waals surface area (Å²) in [7, 11) is 1.46. The maximum absolute atomic E-state index is 12.4. The van der Waals surface area contributed by atoms with Crippen molar-refractivity contribution in [1.29, 1.82) is 5.41 Å². The molecule has 0 aliphatic rings. The molecule has 0 aliphatic carbocycles. The quantitative estimate of drug-likeness (QED) is 0.141. The van der Waals surface area contributed by atoms with Gasteiger partial charge in [0.15, 0.2) is 5.96 Å². The fourth-order valence-corrected chi connectivity index (χ4v) is 2.82. The average Bonchev–Trinajstić information content (AvgIpc) is 2.73. The molecular weight excluding hydrogens is 402 g/mol. The summed E-state index contributed by atoms with van der Waals surface area (Å²) in [5, 5.41) is 19.1. The highest BCUT2D eigenvalue weighted by Crippen LogP contribution is 2.32. The third kappa shape index (κ3) is 11.9. The lowest BCUT2D eigenvalue weighted by Gasteiger charge is -2.26. The Hall–Kier alpha value is -2.37. The number of hydrogen-bond acceptors (Lipinski definition) is 3. The number of likely N-dealkylation sites (N-methyl/N-ethyl adjacent to an activating group) is 1. The number of carbonyl (C=O) groups excluding carboxylic acids is 1. The molecule has 0 fully saturated rings. The minimum Gasteiger partial charge on any atom is -0.480 e. The molecule has 0 spiro atoms. The van der Waals surface area contributed by atoms with Gasteiger partial charge in [-0.1, -0.05) is 84.3 Å². The minimum atomic E-state index is -1.05. The second-order valence-electron chi connectivity index (χ2n) is 9.77. The highest BCUT2D eigenvalue weighted by Gasteiger charge is 2.20. The average molecular weight is 448 g/mol. The highest BCUT2D eigenvalue weighted by atomic mass is 16.4. The van der Waals surface area contributed by atoms with Crippen molar-refractivity contribution in [2.24, 2.45) is 10.8 Å². The predicted octanol–water partition coefficient (Wildman–Crippen LogP) is 5.92. The summed E-state index contributed by atoms with van der Waals surface area (Å²) in [6.07, 6.45) is 14.7. The largest absolute Gasteiger partial charge is 0.480 e. The van der Waals surface area contributed by atoms with Gasteiger partial charge in [-0.25, -0.2) is 0 Å². The van der Waals surface area contributed by atoms with E-state index in [9.17, 15) is 9.59 Å². The van der Waals surface area contributed by atoms with E-state index in [-0.39, 0.29) is 23.8 Å². The van der Waals surface area contributed by atoms with Crippen LogP contribution in [0.15, 0.2) is 35.5 Å². The smallest absolute Gasteiger partial charge is 0.323 e. The van der Waals surface area contributed by atoms with Gasteiger partial charge in [0.2, 0.25) is 0 Å². The SMILES string of the molecule is CCC(=CCC(C)(C)CC)/C=C\CC(C)(CC)C/C=C(\C)C(=O)NC(=N)N(C)CC(=O)O. The molecule has 32 heavy (non-hydrogen) atoms. The zero-order chi connectivity index (χ0) is 24.9. The van der Waals surface area contributed by atoms with Crippen LogP contribution in [0.4, 0.5) is 0 Å². The molecular formula is C26H45N3O3. The van der Waals surface area contributed by atoms with Crippen molar-refractivity contribution in [3.8, 4) is 0 Å². The van der Waals surface area contributed by atoms with E-state index in [1.807, 2.05) is 6.08 Å². The number of carboxylic acid groups (broad SMARTS) is 1. The van der Waals surface area contributed by atoms with Crippen molar-refractivity contribution in [3.05, 3.63) is 35.5 Å². The van der Waals surface area contributed by atoms with E-state index in [0.29, 0.717) is 11.0 Å². The number of aliphatic carboxylic acids is 1. The lowest BCUT2D eigenvalue weighted by atomic mass is 9.80. The Balaban J connectivity index is 5.00. The van der Waals surface area contributed by atoms with Crippen molar-refractivity contribution in [2.45, 2.75) is 87.0 Å². The molecule has 0 saturated carbocycles. The first kappa shape index (κ1) is 29.6. The molecule has 0 aromatic rings. The number of amides is 1. The van der Waals surface area contributed by atoms with Gasteiger partial charge in [-0.2, -0.15) is 0 Å². The van der Waals surface area contributed by atoms with Crippen LogP contribution in [0, 0.1) is 16.2 Å². The van der Waals surface area contributed by atoms with E-state index in [1.165, 1.54) is 17.5 Å². The van der Waals surface area contributed by atoms with E-state index in [1.54, 1.807) is 6.92 Å². The van der Waals surface area contributed by atoms with Gasteiger partial charge in [-0.3, -0.25) is 20.3 Å². The first-order chi connectivity index (χ1) is 14.8. The van der Waals surface area contributed by atoms with Crippen molar-refractivity contribution in [2.75, 3.05) is 13.6 Å². The topological polar surface area (TPSA) is 93.5 Å². The number of rotatable bonds is 13. The Bertz CT molecular complexity index is 735. The Morgan fingerprint density at radius 1 is 1.03 bits per heavy atom. The van der Waals surface area contributed by atoms with Gasteiger partial charge in [-0.15, -0.1) is 0 Å². The molecule has 0 bridgehead atoms. The Morgan fingerprint density at radius 3 is 2.16 bits per heavy atom. The molecule has 6 heteroatoms. The fraction of sp³-hybridized carbons (Fsp3) is 0.654. The number of nitrogens with one attached hydrogen (secondary N) is 2. The lowest BCUT2D eigenvalue weighted by Crippen LogP contribution is -2.43. The van der Waals surface area contributed by atoms with Gasteiger partial charge in [0.25, 0.3) is 5.91 Å². The summed E-state index contributed by atoms with van der Waals surface area (Å²) in [5.41, 5.74) is 2.25. The van der Waals surface area contributed by atoms with Crippen molar-refractivity contribution >= 4 is 17.8 Å². The molecule has 0 aliphatic heterocycles. The maximum Gasteiger partial charge on any atom is 0.323 e. The molecule has 1 unspecified atom stereocenters. The van der Waals surface area contributed by atoms with Gasteiger partial charge in [0.1, 0.15) is 6.54 Å². The van der Waals surface area contributed by atoms with Crippen LogP contribution in [-0.4, -0.2) is 41.4 Å². The van der Waals surface area contributed by atoms with Crippen LogP contribution < -0.4 is 5.32 Å². The molecule has 0 heterocycles. The van der Waals surface area contributed by atoms with E-state index in [2.05, 4.69) is 65.1 Å². The van der Waals surface area contributed by atoms with Crippen LogP contribution >= 0.6 is 0 Å². The third-order valence-corrected chi connectivity index (χ3v) is 6.32. The van der Waals surface area contributed by atoms with E-state index < -0.39 is 5.97 Å². The fourth-order valence-electron chi connectivity index (χ4n) is 2.82. The summed E-state index contributed by atoms with van der Waals surface area (Å²) in [6.45, 7) is 14.8. The summed E-state index contributed by atoms with van der Waals surface area (Å²) >= 11 is 0. The van der Waals surface area contributed by atoms with Crippen LogP contribution in [0.1, 0.15) is 87.0 Å². The van der Waals surface area contributed by atoms with Crippen molar-refractivity contribution < 1.29 is 14.7 Å². The molecule has 0 aromatic carbocycles. The Kier molecular flexibility index (Phi) is 12.9. The first-order valence-electron chi connectivity index (χ1n) is 11.6. The van der Waals surface area contributed by atoms with Crippen LogP contribution in [0.25, 0.3) is 0 Å². The molecule has 6 nitrogen and oxygen atoms in total. The number of guanidine groups is 1. The number of carboxylic acids is 1. The van der Waals surface area contributed by atoms with Gasteiger partial charge < -0.3 is 10.0 Å². The normalized spacial score (nSPS) is 14.9. The first-order valence-corrected chi connectivity index (χ1v) is 11.6. The van der Waals surface area contributed by atoms with Gasteiger partial charge in [0.05, 0.1) is 0 Å². The molecule has 0 saturated heterocycles. The van der Waals surface area contributed by atoms with E-state index in [0.717, 1.165) is 38.5 Å². The number of hydrogen-bond donors (Lipinski definition) is 3. The molecule has 182 valence electrons. The molecule has 0 radical (unpaired) electrons. The molecule has 0 rings (SSSR count). The zero-order valence-corrected chi connectivity index (χ0v) is 21.5. The predicted molar refractivity (Wildman–Crippen MR) is 134 cm³/mol. The van der Waals surface area contributed by atoms with E-state index >= 15 is 0 Å². The minimum absolute atomic E-state index is 0.0349. The van der Waals surface area contributed by atoms with E-state index in [4.69, 9.17) is 10.5 Å². The third-order valence-electron chi connectivity index (χ3n) is 6.32. The summed E-state index contributed by atoms with van der Waals surface area (Å²) in [6, 6.07) is 0. The number of carbonyl (C=O) groups is 2. The van der Waals surface area contributed by atoms with Gasteiger partial charge in [0, 0.05) is 12.6 Å². The second kappa shape index (κ2) is 13.9. The molecule has 0 aromatic heterocycles. The van der Waals surface area contributed by atoms with Crippen LogP contribution in [0.2, 0.25) is 0 Å². The number of allylic oxidation sites excluding steroid dienone is 5. The highest BCUT2D eigenvalue weighted by molar-refractivity contribution is 6.04. The van der Waals surface area contributed by atoms with Crippen LogP contribution in [-0.2, 0) is 9.59 Å². The zero-order valence-electron chi connectivity index (χ0n) is 21.5. The van der Waals surface area contributed by atoms with Crippen LogP contribution in [0.3, 0.4) is 0 Å². The lowest BCUT2D eigenvalue weighted by molar-refractivity contribution is -0.137. The monoisotopic (exact) mass is 447 g/mol. The summed E-state index contributed by atoms with van der Waals surface area (Å²) < 4.78 is 0. The summed E-state index contributed by atoms with van der Waals surface area (Å²) in [5.74, 6) is -1.66. The van der Waals surface area contributed by atoms with Gasteiger partial charge in [-0.05, 0) is 43.4 Å². The Labute approximate surface area is 195 Å². The molecule has 1 atom stereocenters. The van der Waals surface area contributed by atoms with Crippen LogP contribution in [0.5, 0.6) is 0 Å². The maximum atomic E-state index is 12.4. The van der Waals surface area contributed by atoms with Crippen molar-refractivity contribution in [3.63, 3.8) is 0 Å². The molecule has 3 N–H and O–H groups in total. The van der Waals surface area contributed by atoms with Gasteiger partial charge >= 0.3 is 5.97 Å². The molecule has 1 amide bonds. The Morgan fingerprint density at radius 2 is 1.66 bits per heavy atom. The summed E-state index contributed by atoms with van der Waals surface area (Å²) in [4.78, 5) is 24.3. The van der Waals surface area contributed by atoms with Crippen molar-refractivity contribution in [1.82, 2.24) is 10.2 Å². The second-order valence-corrected chi connectivity index (χ2v) is 9.77.